The molecule has 0 aromatic heterocycles. The zero-order valence-corrected chi connectivity index (χ0v) is 18.9. The van der Waals surface area contributed by atoms with Crippen LogP contribution >= 0.6 is 0 Å². The molecule has 4 rings (SSSR count). The van der Waals surface area contributed by atoms with Gasteiger partial charge in [0.1, 0.15) is 0 Å². The van der Waals surface area contributed by atoms with Crippen molar-refractivity contribution in [2.75, 3.05) is 26.0 Å². The molecule has 1 heterocycles. The molecule has 1 saturated carbocycles. The van der Waals surface area contributed by atoms with Gasteiger partial charge in [-0.3, -0.25) is 0 Å². The summed E-state index contributed by atoms with van der Waals surface area (Å²) in [6.07, 6.45) is 3.04. The van der Waals surface area contributed by atoms with Crippen molar-refractivity contribution in [2.24, 2.45) is 0 Å². The third kappa shape index (κ3) is 4.77. The summed E-state index contributed by atoms with van der Waals surface area (Å²) in [6, 6.07) is 7.80. The number of anilines is 1. The Balaban J connectivity index is 1.47. The normalized spacial score (nSPS) is 24.6. The number of alkyl halides is 2. The first-order valence-corrected chi connectivity index (χ1v) is 11.1. The third-order valence-electron chi connectivity index (χ3n) is 6.99. The molecule has 1 saturated heterocycles. The lowest BCUT2D eigenvalue weighted by atomic mass is 9.65. The number of benzene rings is 2. The van der Waals surface area contributed by atoms with Gasteiger partial charge in [-0.2, -0.15) is 8.78 Å². The van der Waals surface area contributed by atoms with Gasteiger partial charge < -0.3 is 25.0 Å². The number of fused-ring (bicyclic) bond motifs is 1. The van der Waals surface area contributed by atoms with E-state index >= 15 is 0 Å². The maximum absolute atomic E-state index is 13.4. The van der Waals surface area contributed by atoms with Crippen LogP contribution in [0.4, 0.5) is 28.0 Å². The number of likely N-dealkylation sites (tertiary alicyclic amines) is 1. The molecular formula is C24H27F4N3O3. The highest BCUT2D eigenvalue weighted by Crippen LogP contribution is 2.50. The van der Waals surface area contributed by atoms with Gasteiger partial charge >= 0.3 is 12.6 Å². The quantitative estimate of drug-likeness (QED) is 0.577. The molecular weight excluding hydrogens is 454 g/mol. The topological polar surface area (TPSA) is 62.8 Å². The Morgan fingerprint density at radius 2 is 1.91 bits per heavy atom. The third-order valence-corrected chi connectivity index (χ3v) is 6.99. The number of carbonyl (C=O) groups excluding carboxylic acids is 1. The zero-order chi connectivity index (χ0) is 24.5. The van der Waals surface area contributed by atoms with Crippen LogP contribution in [0.5, 0.6) is 11.5 Å². The first kappa shape index (κ1) is 24.1. The second-order valence-corrected chi connectivity index (χ2v) is 8.85. The number of hydrogen-bond acceptors (Lipinski definition) is 4. The maximum atomic E-state index is 13.4. The predicted octanol–water partition coefficient (Wildman–Crippen LogP) is 4.89. The molecule has 10 heteroatoms. The smallest absolute Gasteiger partial charge is 0.387 e. The van der Waals surface area contributed by atoms with Crippen LogP contribution in [-0.2, 0) is 5.41 Å². The minimum absolute atomic E-state index is 0.00944. The molecule has 3 atom stereocenters. The number of urea groups is 1. The molecule has 2 aromatic carbocycles. The molecule has 0 radical (unpaired) electrons. The van der Waals surface area contributed by atoms with Gasteiger partial charge in [-0.25, -0.2) is 13.6 Å². The van der Waals surface area contributed by atoms with E-state index in [1.807, 2.05) is 13.1 Å². The molecule has 2 N–H and O–H groups in total. The van der Waals surface area contributed by atoms with E-state index in [-0.39, 0.29) is 34.7 Å². The lowest BCUT2D eigenvalue weighted by Gasteiger charge is -2.45. The molecule has 2 fully saturated rings. The van der Waals surface area contributed by atoms with E-state index in [9.17, 15) is 22.4 Å². The van der Waals surface area contributed by atoms with Crippen LogP contribution in [0.2, 0.25) is 0 Å². The average Bonchev–Trinajstić information content (AvgIpc) is 3.13. The van der Waals surface area contributed by atoms with Gasteiger partial charge in [0, 0.05) is 29.3 Å². The number of ether oxygens (including phenoxy) is 2. The maximum Gasteiger partial charge on any atom is 0.387 e. The summed E-state index contributed by atoms with van der Waals surface area (Å²) in [5.41, 5.74) is 0.947. The zero-order valence-electron chi connectivity index (χ0n) is 18.9. The van der Waals surface area contributed by atoms with Crippen molar-refractivity contribution < 1.29 is 31.8 Å². The second kappa shape index (κ2) is 9.69. The first-order chi connectivity index (χ1) is 16.2. The summed E-state index contributed by atoms with van der Waals surface area (Å²) in [7, 11) is 3.45. The number of nitrogens with one attached hydrogen (secondary N) is 2. The van der Waals surface area contributed by atoms with Crippen molar-refractivity contribution in [1.29, 1.82) is 0 Å². The van der Waals surface area contributed by atoms with Crippen molar-refractivity contribution in [3.63, 3.8) is 0 Å². The highest BCUT2D eigenvalue weighted by Gasteiger charge is 2.50. The number of carbonyl (C=O) groups is 1. The van der Waals surface area contributed by atoms with Crippen LogP contribution in [0, 0.1) is 11.6 Å². The lowest BCUT2D eigenvalue weighted by Crippen LogP contribution is -2.52. The summed E-state index contributed by atoms with van der Waals surface area (Å²) >= 11 is 0. The van der Waals surface area contributed by atoms with Crippen LogP contribution in [-0.4, -0.2) is 50.3 Å². The van der Waals surface area contributed by atoms with E-state index in [0.29, 0.717) is 12.8 Å². The number of amides is 2. The Labute approximate surface area is 195 Å². The fourth-order valence-electron chi connectivity index (χ4n) is 5.35. The van der Waals surface area contributed by atoms with Crippen molar-refractivity contribution in [2.45, 2.75) is 49.8 Å². The molecule has 0 unspecified atom stereocenters. The van der Waals surface area contributed by atoms with Gasteiger partial charge in [-0.15, -0.1) is 0 Å². The molecule has 2 aliphatic rings. The fourth-order valence-corrected chi connectivity index (χ4v) is 5.35. The van der Waals surface area contributed by atoms with Gasteiger partial charge in [0.05, 0.1) is 7.11 Å². The van der Waals surface area contributed by atoms with Crippen molar-refractivity contribution in [3.05, 3.63) is 53.6 Å². The van der Waals surface area contributed by atoms with Crippen LogP contribution < -0.4 is 20.1 Å². The highest BCUT2D eigenvalue weighted by molar-refractivity contribution is 5.89. The summed E-state index contributed by atoms with van der Waals surface area (Å²) in [4.78, 5) is 14.7. The largest absolute Gasteiger partial charge is 0.493 e. The Bertz CT molecular complexity index is 1050. The standard InChI is InChI=1S/C24H27F4N3O3/c1-31-10-9-24(14-3-6-19(34-22(27)28)20(11-14)33-2)8-7-16(13-21(24)31)30-23(32)29-15-4-5-17(25)18(26)12-15/h3-6,11-12,16,21-22H,7-10,13H2,1-2H3,(H2,29,30,32)/t16-,21+,24+/m1/s1. The Morgan fingerprint density at radius 1 is 1.12 bits per heavy atom. The Hall–Kier alpha value is -3.01. The molecule has 1 aliphatic carbocycles. The summed E-state index contributed by atoms with van der Waals surface area (Å²) in [5.74, 6) is -1.77. The van der Waals surface area contributed by atoms with E-state index in [2.05, 4.69) is 20.3 Å². The van der Waals surface area contributed by atoms with E-state index in [1.165, 1.54) is 19.2 Å². The highest BCUT2D eigenvalue weighted by atomic mass is 19.3. The van der Waals surface area contributed by atoms with Gasteiger partial charge in [0.2, 0.25) is 0 Å². The number of rotatable bonds is 6. The fraction of sp³-hybridized carbons (Fsp3) is 0.458. The minimum Gasteiger partial charge on any atom is -0.493 e. The summed E-state index contributed by atoms with van der Waals surface area (Å²) in [6.45, 7) is -2.09. The van der Waals surface area contributed by atoms with E-state index in [1.54, 1.807) is 6.07 Å². The molecule has 34 heavy (non-hydrogen) atoms. The first-order valence-electron chi connectivity index (χ1n) is 11.1. The molecule has 1 aliphatic heterocycles. The number of halogens is 4. The SMILES string of the molecule is COc1cc([C@@]23CC[C@@H](NC(=O)Nc4ccc(F)c(F)c4)C[C@@H]2N(C)CC3)ccc1OC(F)F. The summed E-state index contributed by atoms with van der Waals surface area (Å²) in [5, 5.41) is 5.48. The molecule has 2 amide bonds. The van der Waals surface area contributed by atoms with Crippen LogP contribution in [0.3, 0.4) is 0 Å². The summed E-state index contributed by atoms with van der Waals surface area (Å²) < 4.78 is 61.8. The monoisotopic (exact) mass is 481 g/mol. The molecule has 2 aromatic rings. The van der Waals surface area contributed by atoms with Gasteiger partial charge in [0.15, 0.2) is 23.1 Å². The predicted molar refractivity (Wildman–Crippen MR) is 118 cm³/mol. The van der Waals surface area contributed by atoms with E-state index < -0.39 is 24.3 Å². The Morgan fingerprint density at radius 3 is 2.62 bits per heavy atom. The molecule has 184 valence electrons. The van der Waals surface area contributed by atoms with E-state index in [4.69, 9.17) is 4.74 Å². The molecule has 6 nitrogen and oxygen atoms in total. The van der Waals surface area contributed by atoms with Crippen molar-refractivity contribution >= 4 is 11.7 Å². The van der Waals surface area contributed by atoms with Gasteiger partial charge in [0.25, 0.3) is 0 Å². The van der Waals surface area contributed by atoms with Crippen LogP contribution in [0.25, 0.3) is 0 Å². The molecule has 0 bridgehead atoms. The van der Waals surface area contributed by atoms with Gasteiger partial charge in [-0.05, 0) is 69.1 Å². The lowest BCUT2D eigenvalue weighted by molar-refractivity contribution is -0.0512. The number of likely N-dealkylation sites (N-methyl/N-ethyl adjacent to an activating group) is 1. The number of methoxy groups -OCH3 is 1. The van der Waals surface area contributed by atoms with Crippen LogP contribution in [0.15, 0.2) is 36.4 Å². The minimum atomic E-state index is -2.94. The number of nitrogens with zero attached hydrogens (tertiary/aromatic N) is 1. The second-order valence-electron chi connectivity index (χ2n) is 8.85. The number of hydrogen-bond donors (Lipinski definition) is 2. The Kier molecular flexibility index (Phi) is 6.88. The van der Waals surface area contributed by atoms with Crippen molar-refractivity contribution in [1.82, 2.24) is 10.2 Å². The van der Waals surface area contributed by atoms with Crippen LogP contribution in [0.1, 0.15) is 31.2 Å². The average molecular weight is 481 g/mol. The van der Waals surface area contributed by atoms with Gasteiger partial charge in [-0.1, -0.05) is 6.07 Å². The molecule has 0 spiro atoms. The van der Waals surface area contributed by atoms with Crippen molar-refractivity contribution in [3.8, 4) is 11.5 Å². The van der Waals surface area contributed by atoms with E-state index in [0.717, 1.165) is 37.1 Å².